The SMILES string of the molecule is CC/C=C\C/C=C\C/C=C\C/C=C\C/C=C\C/C=C\CCCCCCCCCCCCCCCCCCC(=O)OCC(O)COP(=O)(O)OCC(O)COP(=O)(O)OCC(COC(=O)CCCCCCCCCCCCCCCCC)OC(=O)CCCCCCCCCCCCCCC. The summed E-state index contributed by atoms with van der Waals surface area (Å²) < 4.78 is 61.1. The molecule has 0 aliphatic carbocycles. The molecule has 5 atom stereocenters. The largest absolute Gasteiger partial charge is 0.472 e. The van der Waals surface area contributed by atoms with Gasteiger partial charge >= 0.3 is 33.6 Å². The molecule has 0 rings (SSSR count). The van der Waals surface area contributed by atoms with Gasteiger partial charge in [0.1, 0.15) is 25.4 Å². The Morgan fingerprint density at radius 3 is 0.848 bits per heavy atom. The van der Waals surface area contributed by atoms with Gasteiger partial charge in [-0.05, 0) is 70.6 Å². The van der Waals surface area contributed by atoms with Crippen LogP contribution in [0.25, 0.3) is 0 Å². The van der Waals surface area contributed by atoms with Crippen LogP contribution in [0.4, 0.5) is 0 Å². The lowest BCUT2D eigenvalue weighted by atomic mass is 10.0. The number of aliphatic hydroxyl groups is 2. The van der Waals surface area contributed by atoms with E-state index in [9.17, 15) is 43.5 Å². The maximum atomic E-state index is 12.9. The molecule has 0 fully saturated rings. The lowest BCUT2D eigenvalue weighted by molar-refractivity contribution is -0.161. The molecule has 0 aromatic heterocycles. The van der Waals surface area contributed by atoms with Crippen LogP contribution in [0.15, 0.2) is 72.9 Å². The van der Waals surface area contributed by atoms with Gasteiger partial charge in [-0.15, -0.1) is 0 Å². The molecule has 0 radical (unpaired) electrons. The van der Waals surface area contributed by atoms with Crippen molar-refractivity contribution in [3.63, 3.8) is 0 Å². The number of carbonyl (C=O) groups is 3. The number of allylic oxidation sites excluding steroid dienone is 12. The van der Waals surface area contributed by atoms with Gasteiger partial charge in [0.2, 0.25) is 0 Å². The Hall–Kier alpha value is -3.01. The molecule has 0 spiro atoms. The molecule has 0 amide bonds. The second-order valence-electron chi connectivity index (χ2n) is 27.2. The van der Waals surface area contributed by atoms with E-state index in [4.69, 9.17) is 32.3 Å². The van der Waals surface area contributed by atoms with Gasteiger partial charge in [-0.2, -0.15) is 0 Å². The molecule has 99 heavy (non-hydrogen) atoms. The minimum Gasteiger partial charge on any atom is -0.463 e. The van der Waals surface area contributed by atoms with Crippen molar-refractivity contribution in [3.05, 3.63) is 72.9 Å². The van der Waals surface area contributed by atoms with Crippen LogP contribution in [-0.2, 0) is 55.8 Å². The van der Waals surface area contributed by atoms with E-state index in [1.54, 1.807) is 0 Å². The van der Waals surface area contributed by atoms with Crippen molar-refractivity contribution in [2.75, 3.05) is 39.6 Å². The fraction of sp³-hybridized carbons (Fsp3) is 0.815. The molecular weight excluding hydrogens is 1290 g/mol. The van der Waals surface area contributed by atoms with E-state index in [0.717, 1.165) is 103 Å². The monoisotopic (exact) mass is 1440 g/mol. The summed E-state index contributed by atoms with van der Waals surface area (Å²) in [6.45, 7) is 2.63. The average molecular weight is 1440 g/mol. The first-order valence-corrected chi connectivity index (χ1v) is 43.2. The van der Waals surface area contributed by atoms with Gasteiger partial charge < -0.3 is 34.2 Å². The fourth-order valence-corrected chi connectivity index (χ4v) is 12.9. The van der Waals surface area contributed by atoms with Crippen LogP contribution in [0.3, 0.4) is 0 Å². The van der Waals surface area contributed by atoms with Gasteiger partial charge in [0.15, 0.2) is 6.10 Å². The molecule has 18 heteroatoms. The molecule has 0 aliphatic heterocycles. The second-order valence-corrected chi connectivity index (χ2v) is 30.1. The number of hydrogen-bond acceptors (Lipinski definition) is 14. The topological polar surface area (TPSA) is 231 Å². The van der Waals surface area contributed by atoms with Crippen molar-refractivity contribution in [2.24, 2.45) is 0 Å². The molecule has 0 aromatic carbocycles. The highest BCUT2D eigenvalue weighted by molar-refractivity contribution is 7.47. The van der Waals surface area contributed by atoms with E-state index in [0.29, 0.717) is 19.3 Å². The average Bonchev–Trinajstić information content (AvgIpc) is 1.09. The number of phosphoric acid groups is 2. The third-order valence-corrected chi connectivity index (χ3v) is 19.3. The highest BCUT2D eigenvalue weighted by Crippen LogP contribution is 2.45. The molecular formula is C81H148O16P2. The molecule has 5 unspecified atom stereocenters. The van der Waals surface area contributed by atoms with Crippen LogP contribution in [0.5, 0.6) is 0 Å². The Morgan fingerprint density at radius 1 is 0.293 bits per heavy atom. The molecule has 0 aromatic rings. The third kappa shape index (κ3) is 76.0. The molecule has 16 nitrogen and oxygen atoms in total. The molecule has 4 N–H and O–H groups in total. The summed E-state index contributed by atoms with van der Waals surface area (Å²) in [4.78, 5) is 58.5. The Kier molecular flexibility index (Phi) is 72.4. The minimum atomic E-state index is -4.91. The summed E-state index contributed by atoms with van der Waals surface area (Å²) in [5, 5.41) is 20.6. The molecule has 0 saturated heterocycles. The first-order chi connectivity index (χ1) is 48.2. The number of esters is 3. The standard InChI is InChI=1S/C81H148O16P2/c1-4-7-10-13-16-19-22-25-27-28-29-30-31-32-33-34-35-36-37-38-39-40-41-42-43-44-45-46-48-51-52-55-58-61-64-67-79(84)91-70-76(82)71-93-98(87,88)94-72-77(83)73-95-99(89,90)96-75-78(97-81(86)69-66-63-60-57-54-49-24-21-18-15-12-9-6-3)74-92-80(85)68-65-62-59-56-53-50-47-26-23-20-17-14-11-8-5-2/h7,10,16,19,25,27,29-30,32-33,35-36,76-78,82-83H,4-6,8-9,11-15,17-18,20-24,26,28,31,34,37-75H2,1-3H3,(H,87,88)(H,89,90)/b10-7-,19-16-,27-25-,30-29-,33-32-,36-35-. The van der Waals surface area contributed by atoms with Crippen LogP contribution < -0.4 is 0 Å². The molecule has 0 saturated carbocycles. The summed E-state index contributed by atoms with van der Waals surface area (Å²) in [7, 11) is -9.76. The number of hydrogen-bond donors (Lipinski definition) is 4. The lowest BCUT2D eigenvalue weighted by Crippen LogP contribution is -2.30. The summed E-state index contributed by atoms with van der Waals surface area (Å²) in [6.07, 6.45) is 82.6. The molecule has 0 bridgehead atoms. The van der Waals surface area contributed by atoms with Gasteiger partial charge in [0.05, 0.1) is 26.4 Å². The predicted molar refractivity (Wildman–Crippen MR) is 408 cm³/mol. The first kappa shape index (κ1) is 96.0. The van der Waals surface area contributed by atoms with Crippen LogP contribution in [0, 0.1) is 0 Å². The van der Waals surface area contributed by atoms with Crippen molar-refractivity contribution in [2.45, 2.75) is 386 Å². The van der Waals surface area contributed by atoms with Crippen molar-refractivity contribution >= 4 is 33.6 Å². The first-order valence-electron chi connectivity index (χ1n) is 40.2. The summed E-state index contributed by atoms with van der Waals surface area (Å²) in [5.41, 5.74) is 0. The predicted octanol–water partition coefficient (Wildman–Crippen LogP) is 23.4. The number of unbranched alkanes of at least 4 members (excludes halogenated alkanes) is 42. The highest BCUT2D eigenvalue weighted by atomic mass is 31.2. The van der Waals surface area contributed by atoms with Crippen LogP contribution >= 0.6 is 15.6 Å². The van der Waals surface area contributed by atoms with Gasteiger partial charge in [-0.1, -0.05) is 351 Å². The zero-order valence-electron chi connectivity index (χ0n) is 63.2. The van der Waals surface area contributed by atoms with E-state index in [1.165, 1.54) is 205 Å². The number of carbonyl (C=O) groups excluding carboxylic acids is 3. The smallest absolute Gasteiger partial charge is 0.463 e. The van der Waals surface area contributed by atoms with E-state index in [1.807, 2.05) is 0 Å². The van der Waals surface area contributed by atoms with Gasteiger partial charge in [-0.3, -0.25) is 32.5 Å². The minimum absolute atomic E-state index is 0.114. The van der Waals surface area contributed by atoms with E-state index < -0.39 is 91.5 Å². The number of aliphatic hydroxyl groups excluding tert-OH is 2. The van der Waals surface area contributed by atoms with Crippen LogP contribution in [0.1, 0.15) is 367 Å². The van der Waals surface area contributed by atoms with E-state index in [-0.39, 0.29) is 19.3 Å². The maximum Gasteiger partial charge on any atom is 0.472 e. The Bertz CT molecular complexity index is 2090. The number of rotatable bonds is 77. The fourth-order valence-electron chi connectivity index (χ4n) is 11.3. The van der Waals surface area contributed by atoms with E-state index in [2.05, 4.69) is 93.7 Å². The summed E-state index contributed by atoms with van der Waals surface area (Å²) >= 11 is 0. The van der Waals surface area contributed by atoms with Crippen molar-refractivity contribution < 1.29 is 75.8 Å². The third-order valence-electron chi connectivity index (χ3n) is 17.4. The van der Waals surface area contributed by atoms with Crippen LogP contribution in [0.2, 0.25) is 0 Å². The van der Waals surface area contributed by atoms with Gasteiger partial charge in [-0.25, -0.2) is 9.13 Å². The van der Waals surface area contributed by atoms with Gasteiger partial charge in [0.25, 0.3) is 0 Å². The zero-order chi connectivity index (χ0) is 72.3. The number of ether oxygens (including phenoxy) is 3. The van der Waals surface area contributed by atoms with Crippen LogP contribution in [-0.4, -0.2) is 95.9 Å². The molecule has 578 valence electrons. The normalized spacial score (nSPS) is 14.4. The Morgan fingerprint density at radius 2 is 0.535 bits per heavy atom. The Labute approximate surface area is 604 Å². The van der Waals surface area contributed by atoms with Gasteiger partial charge in [0, 0.05) is 19.3 Å². The van der Waals surface area contributed by atoms with Crippen molar-refractivity contribution in [3.8, 4) is 0 Å². The zero-order valence-corrected chi connectivity index (χ0v) is 65.0. The maximum absolute atomic E-state index is 12.9. The number of phosphoric ester groups is 2. The molecule has 0 heterocycles. The second kappa shape index (κ2) is 74.7. The highest BCUT2D eigenvalue weighted by Gasteiger charge is 2.29. The summed E-state index contributed by atoms with van der Waals surface area (Å²) in [5.74, 6) is -1.55. The lowest BCUT2D eigenvalue weighted by Gasteiger charge is -2.21. The van der Waals surface area contributed by atoms with E-state index >= 15 is 0 Å². The quantitative estimate of drug-likeness (QED) is 0.0146. The Balaban J connectivity index is 4.30. The molecule has 0 aliphatic rings. The van der Waals surface area contributed by atoms with Crippen molar-refractivity contribution in [1.82, 2.24) is 0 Å². The van der Waals surface area contributed by atoms with Crippen molar-refractivity contribution in [1.29, 1.82) is 0 Å². The summed E-state index contributed by atoms with van der Waals surface area (Å²) in [6, 6.07) is 0.